The monoisotopic (exact) mass is 447 g/mol. The summed E-state index contributed by atoms with van der Waals surface area (Å²) in [6.07, 6.45) is -2.18. The fraction of sp³-hybridized carbons (Fsp3) is 0.562. The number of nitrogens with two attached hydrogens (primary N) is 2. The Bertz CT molecular complexity index is 740. The van der Waals surface area contributed by atoms with Gasteiger partial charge in [-0.2, -0.15) is 0 Å². The van der Waals surface area contributed by atoms with Crippen molar-refractivity contribution in [2.24, 2.45) is 11.5 Å². The third-order valence-electron chi connectivity index (χ3n) is 3.80. The third kappa shape index (κ3) is 11.1. The molecule has 15 nitrogen and oxygen atoms in total. The average molecular weight is 447 g/mol. The van der Waals surface area contributed by atoms with Crippen LogP contribution in [-0.2, 0) is 33.6 Å². The second-order valence-electron chi connectivity index (χ2n) is 6.50. The summed E-state index contributed by atoms with van der Waals surface area (Å²) in [4.78, 5) is 79.8. The quantitative estimate of drug-likeness (QED) is 0.127. The molecule has 0 saturated heterocycles. The number of rotatable bonds is 14. The normalized spacial score (nSPS) is 14.3. The van der Waals surface area contributed by atoms with Crippen molar-refractivity contribution >= 4 is 41.5 Å². The van der Waals surface area contributed by atoms with Gasteiger partial charge < -0.3 is 42.7 Å². The van der Waals surface area contributed by atoms with Crippen LogP contribution in [-0.4, -0.2) is 81.0 Å². The zero-order valence-electron chi connectivity index (χ0n) is 16.5. The number of hydrogen-bond donors (Lipinski definition) is 8. The molecule has 0 aliphatic heterocycles. The summed E-state index contributed by atoms with van der Waals surface area (Å²) in [6, 6.07) is -6.07. The summed E-state index contributed by atoms with van der Waals surface area (Å²) in [5, 5.41) is 32.7. The van der Waals surface area contributed by atoms with Gasteiger partial charge in [-0.1, -0.05) is 0 Å². The van der Waals surface area contributed by atoms with Gasteiger partial charge in [-0.25, -0.2) is 4.79 Å². The van der Waals surface area contributed by atoms with E-state index in [0.29, 0.717) is 0 Å². The van der Waals surface area contributed by atoms with Gasteiger partial charge in [0.1, 0.15) is 18.1 Å². The lowest BCUT2D eigenvalue weighted by atomic mass is 10.1. The van der Waals surface area contributed by atoms with E-state index in [0.717, 1.165) is 0 Å². The smallest absolute Gasteiger partial charge is 0.326 e. The van der Waals surface area contributed by atoms with Crippen molar-refractivity contribution in [3.63, 3.8) is 0 Å². The third-order valence-corrected chi connectivity index (χ3v) is 3.80. The maximum atomic E-state index is 12.2. The maximum Gasteiger partial charge on any atom is 0.326 e. The minimum Gasteiger partial charge on any atom is -0.481 e. The van der Waals surface area contributed by atoms with Crippen molar-refractivity contribution in [2.45, 2.75) is 56.8 Å². The molecule has 0 aromatic heterocycles. The summed E-state index contributed by atoms with van der Waals surface area (Å²) >= 11 is 0. The summed E-state index contributed by atoms with van der Waals surface area (Å²) in [5.41, 5.74) is 10.5. The van der Waals surface area contributed by atoms with Crippen molar-refractivity contribution in [1.82, 2.24) is 16.0 Å². The molecule has 0 rings (SSSR count). The molecule has 31 heavy (non-hydrogen) atoms. The summed E-state index contributed by atoms with van der Waals surface area (Å²) < 4.78 is 0. The summed E-state index contributed by atoms with van der Waals surface area (Å²) in [7, 11) is 0. The number of carboxylic acid groups (broad SMARTS) is 3. The highest BCUT2D eigenvalue weighted by atomic mass is 16.4. The minimum absolute atomic E-state index is 0.0836. The highest BCUT2D eigenvalue weighted by Crippen LogP contribution is 2.00. The molecule has 0 bridgehead atoms. The van der Waals surface area contributed by atoms with Crippen molar-refractivity contribution in [1.29, 1.82) is 0 Å². The topological polar surface area (TPSA) is 268 Å². The molecule has 0 heterocycles. The number of carboxylic acids is 3. The average Bonchev–Trinajstić information content (AvgIpc) is 2.63. The van der Waals surface area contributed by atoms with E-state index >= 15 is 0 Å². The maximum absolute atomic E-state index is 12.2. The van der Waals surface area contributed by atoms with Crippen molar-refractivity contribution in [3.05, 3.63) is 0 Å². The van der Waals surface area contributed by atoms with Gasteiger partial charge in [0.15, 0.2) is 0 Å². The van der Waals surface area contributed by atoms with Crippen LogP contribution in [0, 0.1) is 0 Å². The molecule has 0 aromatic carbocycles. The Hall–Kier alpha value is -3.75. The van der Waals surface area contributed by atoms with Crippen LogP contribution in [0.1, 0.15) is 32.6 Å². The molecule has 15 heteroatoms. The van der Waals surface area contributed by atoms with E-state index in [9.17, 15) is 33.6 Å². The number of amides is 4. The molecule has 0 fully saturated rings. The number of aliphatic carboxylic acids is 3. The molecule has 10 N–H and O–H groups in total. The zero-order valence-corrected chi connectivity index (χ0v) is 16.5. The van der Waals surface area contributed by atoms with E-state index in [1.165, 1.54) is 6.92 Å². The van der Waals surface area contributed by atoms with Crippen LogP contribution in [0.5, 0.6) is 0 Å². The summed E-state index contributed by atoms with van der Waals surface area (Å²) in [6.45, 7) is 1.20. The highest BCUT2D eigenvalue weighted by Gasteiger charge is 2.31. The van der Waals surface area contributed by atoms with Crippen LogP contribution < -0.4 is 27.4 Å². The lowest BCUT2D eigenvalue weighted by Gasteiger charge is -2.22. The van der Waals surface area contributed by atoms with Gasteiger partial charge in [-0.05, 0) is 13.3 Å². The Balaban J connectivity index is 5.10. The fourth-order valence-corrected chi connectivity index (χ4v) is 2.14. The number of carbonyl (C=O) groups is 7. The molecule has 4 unspecified atom stereocenters. The number of carbonyl (C=O) groups excluding carboxylic acids is 4. The molecule has 0 radical (unpaired) electrons. The number of primary amides is 1. The van der Waals surface area contributed by atoms with Gasteiger partial charge in [-0.15, -0.1) is 0 Å². The predicted molar refractivity (Wildman–Crippen MR) is 100 cm³/mol. The Labute approximate surface area is 175 Å². The van der Waals surface area contributed by atoms with Crippen LogP contribution in [0.2, 0.25) is 0 Å². The lowest BCUT2D eigenvalue weighted by molar-refractivity contribution is -0.148. The standard InChI is InChI=1S/C16H25N5O10/c1-6(19-14(28)7(17)2-3-10(18)22)13(27)20-8(4-11(23)24)15(29)21-9(16(30)31)5-12(25)26/h6-9H,2-5,17H2,1H3,(H2,18,22)(H,19,28)(H,20,27)(H,21,29)(H,23,24)(H,25,26)(H,30,31). The van der Waals surface area contributed by atoms with Gasteiger partial charge in [0.2, 0.25) is 23.6 Å². The fourth-order valence-electron chi connectivity index (χ4n) is 2.14. The van der Waals surface area contributed by atoms with Crippen molar-refractivity contribution in [3.8, 4) is 0 Å². The van der Waals surface area contributed by atoms with Gasteiger partial charge in [0.05, 0.1) is 18.9 Å². The van der Waals surface area contributed by atoms with Crippen LogP contribution >= 0.6 is 0 Å². The molecular formula is C16H25N5O10. The molecule has 0 aromatic rings. The largest absolute Gasteiger partial charge is 0.481 e. The number of hydrogen-bond acceptors (Lipinski definition) is 8. The molecule has 0 spiro atoms. The zero-order chi connectivity index (χ0) is 24.3. The first kappa shape index (κ1) is 27.2. The van der Waals surface area contributed by atoms with E-state index < -0.39 is 78.5 Å². The first-order valence-corrected chi connectivity index (χ1v) is 8.86. The Morgan fingerprint density at radius 1 is 0.774 bits per heavy atom. The second kappa shape index (κ2) is 12.7. The Morgan fingerprint density at radius 2 is 1.26 bits per heavy atom. The van der Waals surface area contributed by atoms with Crippen LogP contribution in [0.4, 0.5) is 0 Å². The SMILES string of the molecule is CC(NC(=O)C(N)CCC(N)=O)C(=O)NC(CC(=O)O)C(=O)NC(CC(=O)O)C(=O)O. The second-order valence-corrected chi connectivity index (χ2v) is 6.50. The molecule has 4 atom stereocenters. The molecule has 0 saturated carbocycles. The van der Waals surface area contributed by atoms with Gasteiger partial charge in [0.25, 0.3) is 0 Å². The Kier molecular flexibility index (Phi) is 11.2. The Morgan fingerprint density at radius 3 is 1.71 bits per heavy atom. The van der Waals surface area contributed by atoms with Crippen LogP contribution in [0.3, 0.4) is 0 Å². The molecule has 0 aliphatic rings. The first-order valence-electron chi connectivity index (χ1n) is 8.86. The van der Waals surface area contributed by atoms with Crippen LogP contribution in [0.25, 0.3) is 0 Å². The molecule has 4 amide bonds. The van der Waals surface area contributed by atoms with E-state index in [4.69, 9.17) is 26.8 Å². The van der Waals surface area contributed by atoms with E-state index in [-0.39, 0.29) is 12.8 Å². The van der Waals surface area contributed by atoms with E-state index in [1.54, 1.807) is 0 Å². The summed E-state index contributed by atoms with van der Waals surface area (Å²) in [5.74, 6) is -8.47. The van der Waals surface area contributed by atoms with E-state index in [1.807, 2.05) is 10.6 Å². The van der Waals surface area contributed by atoms with Gasteiger partial charge in [-0.3, -0.25) is 28.8 Å². The predicted octanol–water partition coefficient (Wildman–Crippen LogP) is -3.91. The number of nitrogens with one attached hydrogen (secondary N) is 3. The van der Waals surface area contributed by atoms with Crippen LogP contribution in [0.15, 0.2) is 0 Å². The van der Waals surface area contributed by atoms with Gasteiger partial charge >= 0.3 is 17.9 Å². The van der Waals surface area contributed by atoms with E-state index in [2.05, 4.69) is 5.32 Å². The molecule has 174 valence electrons. The lowest BCUT2D eigenvalue weighted by Crippen LogP contribution is -2.57. The van der Waals surface area contributed by atoms with Crippen molar-refractivity contribution in [2.75, 3.05) is 0 Å². The molecule has 0 aliphatic carbocycles. The molecular weight excluding hydrogens is 422 g/mol. The first-order chi connectivity index (χ1) is 14.2. The van der Waals surface area contributed by atoms with Gasteiger partial charge in [0, 0.05) is 6.42 Å². The highest BCUT2D eigenvalue weighted by molar-refractivity contribution is 5.96. The minimum atomic E-state index is -1.86. The van der Waals surface area contributed by atoms with Crippen molar-refractivity contribution < 1.29 is 48.9 Å².